The predicted molar refractivity (Wildman–Crippen MR) is 216 cm³/mol. The minimum atomic E-state index is 0.509. The Kier molecular flexibility index (Phi) is 5.59. The van der Waals surface area contributed by atoms with Crippen molar-refractivity contribution < 1.29 is 4.42 Å². The molecule has 0 spiro atoms. The molecule has 0 aliphatic carbocycles. The lowest BCUT2D eigenvalue weighted by molar-refractivity contribution is 0.630. The Morgan fingerprint density at radius 1 is 0.481 bits per heavy atom. The zero-order chi connectivity index (χ0) is 33.9. The van der Waals surface area contributed by atoms with Crippen molar-refractivity contribution in [3.63, 3.8) is 0 Å². The quantitative estimate of drug-likeness (QED) is 0.186. The maximum absolute atomic E-state index is 6.86. The third-order valence-electron chi connectivity index (χ3n) is 10.5. The highest BCUT2D eigenvalue weighted by molar-refractivity contribution is 7.27. The first-order valence-corrected chi connectivity index (χ1v) is 18.2. The Balaban J connectivity index is 1.30. The first kappa shape index (κ1) is 28.0. The van der Waals surface area contributed by atoms with Crippen LogP contribution in [-0.4, -0.2) is 19.1 Å². The molecule has 242 valence electrons. The van der Waals surface area contributed by atoms with Gasteiger partial charge in [0.05, 0.1) is 26.6 Å². The predicted octanol–water partition coefficient (Wildman–Crippen LogP) is 12.6. The summed E-state index contributed by atoms with van der Waals surface area (Å²) in [6.45, 7) is 0. The number of para-hydroxylation sites is 3. The highest BCUT2D eigenvalue weighted by Crippen LogP contribution is 2.49. The van der Waals surface area contributed by atoms with E-state index in [0.29, 0.717) is 5.71 Å². The van der Waals surface area contributed by atoms with Gasteiger partial charge in [-0.25, -0.2) is 4.98 Å². The normalized spacial score (nSPS) is 12.2. The molecule has 0 atom stereocenters. The summed E-state index contributed by atoms with van der Waals surface area (Å²) in [4.78, 5) is 11.1. The molecule has 0 saturated heterocycles. The first-order chi connectivity index (χ1) is 25.8. The number of nitrogens with zero attached hydrogens (tertiary/aromatic N) is 4. The Morgan fingerprint density at radius 3 is 1.81 bits per heavy atom. The van der Waals surface area contributed by atoms with E-state index in [1.54, 1.807) is 0 Å². The van der Waals surface area contributed by atoms with Crippen molar-refractivity contribution in [2.75, 3.05) is 0 Å². The van der Waals surface area contributed by atoms with Crippen LogP contribution in [-0.2, 0) is 0 Å². The van der Waals surface area contributed by atoms with Crippen molar-refractivity contribution in [3.8, 4) is 22.8 Å². The van der Waals surface area contributed by atoms with Gasteiger partial charge in [0, 0.05) is 42.9 Å². The van der Waals surface area contributed by atoms with Gasteiger partial charge >= 0.3 is 0 Å². The van der Waals surface area contributed by atoms with Gasteiger partial charge in [-0.2, -0.15) is 4.98 Å². The number of rotatable bonds is 3. The Morgan fingerprint density at radius 2 is 1.06 bits per heavy atom. The van der Waals surface area contributed by atoms with E-state index in [4.69, 9.17) is 14.4 Å². The van der Waals surface area contributed by atoms with E-state index in [9.17, 15) is 0 Å². The van der Waals surface area contributed by atoms with Crippen LogP contribution in [0.25, 0.3) is 109 Å². The van der Waals surface area contributed by atoms with Crippen molar-refractivity contribution in [3.05, 3.63) is 158 Å². The molecule has 0 fully saturated rings. The zero-order valence-electron chi connectivity index (χ0n) is 27.6. The molecule has 5 aromatic heterocycles. The summed E-state index contributed by atoms with van der Waals surface area (Å²) in [7, 11) is 0. The van der Waals surface area contributed by atoms with Crippen LogP contribution < -0.4 is 0 Å². The number of fused-ring (bicyclic) bond motifs is 15. The second-order valence-corrected chi connectivity index (χ2v) is 14.4. The molecule has 0 aliphatic rings. The van der Waals surface area contributed by atoms with Crippen LogP contribution in [0.5, 0.6) is 0 Å². The summed E-state index contributed by atoms with van der Waals surface area (Å²) < 4.78 is 13.9. The summed E-state index contributed by atoms with van der Waals surface area (Å²) in [6, 6.07) is 55.5. The third kappa shape index (κ3) is 3.66. The van der Waals surface area contributed by atoms with Crippen LogP contribution in [0.15, 0.2) is 162 Å². The Bertz CT molecular complexity index is 3410. The molecule has 12 aromatic rings. The molecule has 0 bridgehead atoms. The lowest BCUT2D eigenvalue weighted by atomic mass is 9.99. The van der Waals surface area contributed by atoms with E-state index < -0.39 is 0 Å². The molecule has 0 unspecified atom stereocenters. The molecule has 5 heterocycles. The Labute approximate surface area is 300 Å². The third-order valence-corrected chi connectivity index (χ3v) is 11.7. The number of thiophene rings is 1. The number of hydrogen-bond acceptors (Lipinski definition) is 4. The summed E-state index contributed by atoms with van der Waals surface area (Å²) in [6.07, 6.45) is 0. The van der Waals surface area contributed by atoms with Gasteiger partial charge in [0.15, 0.2) is 5.82 Å². The zero-order valence-corrected chi connectivity index (χ0v) is 28.4. The fourth-order valence-electron chi connectivity index (χ4n) is 8.40. The summed E-state index contributed by atoms with van der Waals surface area (Å²) in [5.74, 6) is 0.742. The van der Waals surface area contributed by atoms with Gasteiger partial charge < -0.3 is 4.42 Å². The minimum absolute atomic E-state index is 0.509. The van der Waals surface area contributed by atoms with Gasteiger partial charge in [0.1, 0.15) is 11.2 Å². The van der Waals surface area contributed by atoms with E-state index in [1.165, 1.54) is 41.7 Å². The summed E-state index contributed by atoms with van der Waals surface area (Å²) in [5.41, 5.74) is 8.10. The van der Waals surface area contributed by atoms with Crippen molar-refractivity contribution in [2.24, 2.45) is 0 Å². The molecule has 52 heavy (non-hydrogen) atoms. The fraction of sp³-hybridized carbons (Fsp3) is 0. The number of aromatic nitrogens is 4. The molecule has 6 heteroatoms. The average molecular weight is 683 g/mol. The van der Waals surface area contributed by atoms with Gasteiger partial charge in [-0.05, 0) is 41.1 Å². The van der Waals surface area contributed by atoms with Gasteiger partial charge in [0.2, 0.25) is 11.4 Å². The number of benzene rings is 7. The molecule has 0 aliphatic heterocycles. The highest BCUT2D eigenvalue weighted by Gasteiger charge is 2.27. The molecule has 7 aromatic carbocycles. The van der Waals surface area contributed by atoms with Crippen molar-refractivity contribution in [2.45, 2.75) is 0 Å². The van der Waals surface area contributed by atoms with Crippen molar-refractivity contribution in [1.29, 1.82) is 0 Å². The van der Waals surface area contributed by atoms with Crippen LogP contribution in [0.4, 0.5) is 0 Å². The average Bonchev–Trinajstić information content (AvgIpc) is 3.95. The SMILES string of the molecule is c1ccc(-c2nc3c(nc2-n2c4ccccc4c4c5ccccc5c5c6ccccc6sc5c42)oc2c3c3ccccc3n2-c2ccccc2)cc1. The van der Waals surface area contributed by atoms with Gasteiger partial charge in [-0.1, -0.05) is 127 Å². The lowest BCUT2D eigenvalue weighted by Gasteiger charge is -2.13. The van der Waals surface area contributed by atoms with Gasteiger partial charge in [-0.15, -0.1) is 11.3 Å². The molecule has 5 nitrogen and oxygen atoms in total. The summed E-state index contributed by atoms with van der Waals surface area (Å²) >= 11 is 1.85. The van der Waals surface area contributed by atoms with Gasteiger partial charge in [0.25, 0.3) is 0 Å². The molecular formula is C46H26N4OS. The first-order valence-electron chi connectivity index (χ1n) is 17.4. The molecule has 0 amide bonds. The van der Waals surface area contributed by atoms with Crippen LogP contribution >= 0.6 is 11.3 Å². The smallest absolute Gasteiger partial charge is 0.250 e. The standard InChI is InChI=1S/C46H26N4OS/c1-3-15-27(16-4-1)40-44(48-45-41(47-40)39-32-22-10-12-24-34(32)49(46(39)51-45)28-17-5-2-6-18-28)50-35-25-13-9-21-31(35)37-29-19-7-8-20-30(29)38-33-23-11-14-26-36(33)52-43(38)42(37)50/h1-26H. The molecule has 0 saturated carbocycles. The second kappa shape index (κ2) is 10.4. The van der Waals surface area contributed by atoms with E-state index in [0.717, 1.165) is 61.3 Å². The summed E-state index contributed by atoms with van der Waals surface area (Å²) in [5, 5.41) is 9.47. The van der Waals surface area contributed by atoms with Gasteiger partial charge in [-0.3, -0.25) is 9.13 Å². The maximum atomic E-state index is 6.86. The van der Waals surface area contributed by atoms with E-state index in [2.05, 4.69) is 155 Å². The largest absolute Gasteiger partial charge is 0.419 e. The van der Waals surface area contributed by atoms with E-state index in [1.807, 2.05) is 23.5 Å². The van der Waals surface area contributed by atoms with Crippen LogP contribution in [0, 0.1) is 0 Å². The van der Waals surface area contributed by atoms with Crippen molar-refractivity contribution >= 4 is 97.3 Å². The lowest BCUT2D eigenvalue weighted by Crippen LogP contribution is -2.03. The van der Waals surface area contributed by atoms with Crippen LogP contribution in [0.2, 0.25) is 0 Å². The molecule has 0 radical (unpaired) electrons. The highest BCUT2D eigenvalue weighted by atomic mass is 32.1. The Hall–Kier alpha value is -6.76. The van der Waals surface area contributed by atoms with Crippen LogP contribution in [0.3, 0.4) is 0 Å². The molecule has 0 N–H and O–H groups in total. The van der Waals surface area contributed by atoms with Crippen LogP contribution in [0.1, 0.15) is 0 Å². The maximum Gasteiger partial charge on any atom is 0.250 e. The number of hydrogen-bond donors (Lipinski definition) is 0. The van der Waals surface area contributed by atoms with E-state index >= 15 is 0 Å². The topological polar surface area (TPSA) is 48.8 Å². The molecule has 12 rings (SSSR count). The van der Waals surface area contributed by atoms with Crippen molar-refractivity contribution in [1.82, 2.24) is 19.1 Å². The van der Waals surface area contributed by atoms with E-state index in [-0.39, 0.29) is 0 Å². The minimum Gasteiger partial charge on any atom is -0.419 e. The monoisotopic (exact) mass is 682 g/mol. The number of furan rings is 1. The fourth-order valence-corrected chi connectivity index (χ4v) is 9.66. The molecular weight excluding hydrogens is 657 g/mol. The second-order valence-electron chi connectivity index (χ2n) is 13.3.